The number of aliphatic imine (C=N–C) groups is 1. The van der Waals surface area contributed by atoms with Crippen molar-refractivity contribution in [3.63, 3.8) is 0 Å². The van der Waals surface area contributed by atoms with Gasteiger partial charge in [0.1, 0.15) is 0 Å². The Morgan fingerprint density at radius 3 is 2.00 bits per heavy atom. The first kappa shape index (κ1) is 20.0. The van der Waals surface area contributed by atoms with Crippen molar-refractivity contribution in [2.75, 3.05) is 11.9 Å². The summed E-state index contributed by atoms with van der Waals surface area (Å²) in [5.74, 6) is -0.269. The SMILES string of the molecule is O=[N+]([O-])CC(=NC1CCCC1)Nc1cc(C(F)(F)F)cc(C(F)(F)F)c1. The maximum atomic E-state index is 12.9. The Morgan fingerprint density at radius 1 is 1.08 bits per heavy atom. The summed E-state index contributed by atoms with van der Waals surface area (Å²) >= 11 is 0. The minimum atomic E-state index is -5.00. The average Bonchev–Trinajstić information content (AvgIpc) is 2.97. The molecule has 0 saturated heterocycles. The first-order chi connectivity index (χ1) is 11.9. The zero-order chi connectivity index (χ0) is 19.5. The largest absolute Gasteiger partial charge is 0.416 e. The van der Waals surface area contributed by atoms with Crippen molar-refractivity contribution in [3.8, 4) is 0 Å². The monoisotopic (exact) mass is 383 g/mol. The van der Waals surface area contributed by atoms with Crippen LogP contribution >= 0.6 is 0 Å². The van der Waals surface area contributed by atoms with Gasteiger partial charge in [-0.25, -0.2) is 0 Å². The van der Waals surface area contributed by atoms with E-state index < -0.39 is 40.6 Å². The van der Waals surface area contributed by atoms with E-state index in [1.54, 1.807) is 0 Å². The number of nitrogens with zero attached hydrogens (tertiary/aromatic N) is 2. The molecule has 0 heterocycles. The van der Waals surface area contributed by atoms with Gasteiger partial charge in [-0.1, -0.05) is 12.8 Å². The third kappa shape index (κ3) is 5.60. The maximum absolute atomic E-state index is 12.9. The van der Waals surface area contributed by atoms with Gasteiger partial charge in [0, 0.05) is 10.6 Å². The van der Waals surface area contributed by atoms with Crippen molar-refractivity contribution in [2.24, 2.45) is 4.99 Å². The summed E-state index contributed by atoms with van der Waals surface area (Å²) in [5, 5.41) is 13.0. The molecule has 26 heavy (non-hydrogen) atoms. The molecule has 0 amide bonds. The number of rotatable bonds is 4. The van der Waals surface area contributed by atoms with E-state index in [4.69, 9.17) is 0 Å². The lowest BCUT2D eigenvalue weighted by atomic mass is 10.1. The van der Waals surface area contributed by atoms with E-state index in [-0.39, 0.29) is 17.9 Å². The average molecular weight is 383 g/mol. The topological polar surface area (TPSA) is 67.5 Å². The lowest BCUT2D eigenvalue weighted by Gasteiger charge is -2.16. The second-order valence-electron chi connectivity index (χ2n) is 5.92. The van der Waals surface area contributed by atoms with Crippen molar-refractivity contribution >= 4 is 11.5 Å². The highest BCUT2D eigenvalue weighted by Crippen LogP contribution is 2.37. The molecule has 0 aliphatic heterocycles. The number of hydrogen-bond donors (Lipinski definition) is 1. The Bertz CT molecular complexity index is 661. The molecule has 1 N–H and O–H groups in total. The molecule has 0 atom stereocenters. The molecular weight excluding hydrogens is 368 g/mol. The molecule has 144 valence electrons. The van der Waals surface area contributed by atoms with Crippen molar-refractivity contribution < 1.29 is 31.3 Å². The fourth-order valence-electron chi connectivity index (χ4n) is 2.68. The summed E-state index contributed by atoms with van der Waals surface area (Å²) in [6.45, 7) is -0.825. The fraction of sp³-hybridized carbons (Fsp3) is 0.533. The van der Waals surface area contributed by atoms with Gasteiger partial charge in [0.25, 0.3) is 6.54 Å². The molecule has 2 rings (SSSR count). The smallest absolute Gasteiger partial charge is 0.338 e. The van der Waals surface area contributed by atoms with Crippen molar-refractivity contribution in [2.45, 2.75) is 44.1 Å². The summed E-state index contributed by atoms with van der Waals surface area (Å²) in [6, 6.07) is 0.705. The van der Waals surface area contributed by atoms with Crippen molar-refractivity contribution in [1.82, 2.24) is 0 Å². The molecule has 0 spiro atoms. The van der Waals surface area contributed by atoms with E-state index >= 15 is 0 Å². The van der Waals surface area contributed by atoms with Gasteiger partial charge in [-0.2, -0.15) is 26.3 Å². The predicted molar refractivity (Wildman–Crippen MR) is 81.6 cm³/mol. The molecule has 0 bridgehead atoms. The number of alkyl halides is 6. The molecule has 1 aromatic carbocycles. The van der Waals surface area contributed by atoms with Crippen molar-refractivity contribution in [1.29, 1.82) is 0 Å². The van der Waals surface area contributed by atoms with E-state index in [0.29, 0.717) is 25.0 Å². The third-order valence-corrected chi connectivity index (χ3v) is 3.82. The van der Waals surface area contributed by atoms with E-state index in [9.17, 15) is 36.5 Å². The van der Waals surface area contributed by atoms with Gasteiger partial charge in [-0.05, 0) is 31.0 Å². The molecule has 0 radical (unpaired) electrons. The molecule has 0 unspecified atom stereocenters. The van der Waals surface area contributed by atoms with Crippen molar-refractivity contribution in [3.05, 3.63) is 39.4 Å². The molecule has 1 aliphatic rings. The van der Waals surface area contributed by atoms with Crippen LogP contribution in [0.1, 0.15) is 36.8 Å². The summed E-state index contributed by atoms with van der Waals surface area (Å²) in [4.78, 5) is 14.1. The number of nitrogens with one attached hydrogen (secondary N) is 1. The number of hydrogen-bond acceptors (Lipinski definition) is 3. The lowest BCUT2D eigenvalue weighted by Crippen LogP contribution is -2.25. The number of halogens is 6. The molecule has 1 saturated carbocycles. The van der Waals surface area contributed by atoms with Gasteiger partial charge in [0.05, 0.1) is 17.2 Å². The highest BCUT2D eigenvalue weighted by molar-refractivity contribution is 5.96. The van der Waals surface area contributed by atoms with E-state index in [0.717, 1.165) is 12.8 Å². The number of benzene rings is 1. The number of amidine groups is 1. The minimum absolute atomic E-state index is 0.00747. The highest BCUT2D eigenvalue weighted by Gasteiger charge is 2.37. The van der Waals surface area contributed by atoms with Crippen LogP contribution in [0.15, 0.2) is 23.2 Å². The Kier molecular flexibility index (Phi) is 5.77. The van der Waals surface area contributed by atoms with Gasteiger partial charge in [-0.15, -0.1) is 0 Å². The van der Waals surface area contributed by atoms with Crippen LogP contribution in [-0.4, -0.2) is 23.3 Å². The van der Waals surface area contributed by atoms with Crippen LogP contribution < -0.4 is 5.32 Å². The number of nitro groups is 1. The van der Waals surface area contributed by atoms with Crippen LogP contribution in [0, 0.1) is 10.1 Å². The Hall–Kier alpha value is -2.33. The molecule has 1 aromatic rings. The molecule has 0 aromatic heterocycles. The first-order valence-electron chi connectivity index (χ1n) is 7.70. The molecular formula is C15H15F6N3O2. The minimum Gasteiger partial charge on any atom is -0.338 e. The highest BCUT2D eigenvalue weighted by atomic mass is 19.4. The molecule has 1 aliphatic carbocycles. The number of anilines is 1. The summed E-state index contributed by atoms with van der Waals surface area (Å²) in [5.41, 5.74) is -3.56. The quantitative estimate of drug-likeness (QED) is 0.268. The van der Waals surface area contributed by atoms with Gasteiger partial charge in [-0.3, -0.25) is 15.1 Å². The summed E-state index contributed by atoms with van der Waals surface area (Å²) in [7, 11) is 0. The third-order valence-electron chi connectivity index (χ3n) is 3.82. The van der Waals surface area contributed by atoms with Crippen LogP contribution in [-0.2, 0) is 12.4 Å². The summed E-state index contributed by atoms with van der Waals surface area (Å²) < 4.78 is 77.3. The molecule has 11 heteroatoms. The van der Waals surface area contributed by atoms with Crippen LogP contribution in [0.4, 0.5) is 32.0 Å². The molecule has 5 nitrogen and oxygen atoms in total. The van der Waals surface area contributed by atoms with Gasteiger partial charge >= 0.3 is 12.4 Å². The van der Waals surface area contributed by atoms with E-state index in [1.807, 2.05) is 0 Å². The normalized spacial score (nSPS) is 16.8. The van der Waals surface area contributed by atoms with E-state index in [2.05, 4.69) is 10.3 Å². The summed E-state index contributed by atoms with van der Waals surface area (Å²) in [6.07, 6.45) is -6.94. The maximum Gasteiger partial charge on any atom is 0.416 e. The second kappa shape index (κ2) is 7.50. The van der Waals surface area contributed by atoms with Crippen LogP contribution in [0.3, 0.4) is 0 Å². The zero-order valence-corrected chi connectivity index (χ0v) is 13.3. The van der Waals surface area contributed by atoms with Crippen LogP contribution in [0.5, 0.6) is 0 Å². The van der Waals surface area contributed by atoms with Gasteiger partial charge in [0.2, 0.25) is 0 Å². The lowest BCUT2D eigenvalue weighted by molar-refractivity contribution is -0.463. The zero-order valence-electron chi connectivity index (χ0n) is 13.3. The molecule has 1 fully saturated rings. The standard InChI is InChI=1S/C15H15F6N3O2/c16-14(17,18)9-5-10(15(19,20)21)7-12(6-9)23-13(8-24(25)26)22-11-3-1-2-4-11/h5-7,11H,1-4,8H2,(H,22,23). The second-order valence-corrected chi connectivity index (χ2v) is 5.92. The van der Waals surface area contributed by atoms with Crippen LogP contribution in [0.2, 0.25) is 0 Å². The first-order valence-corrected chi connectivity index (χ1v) is 7.70. The van der Waals surface area contributed by atoms with Gasteiger partial charge in [0.15, 0.2) is 5.84 Å². The fourth-order valence-corrected chi connectivity index (χ4v) is 2.68. The Labute approximate surface area is 144 Å². The Balaban J connectivity index is 2.38. The van der Waals surface area contributed by atoms with Gasteiger partial charge < -0.3 is 5.32 Å². The predicted octanol–water partition coefficient (Wildman–Crippen LogP) is 4.75. The van der Waals surface area contributed by atoms with E-state index in [1.165, 1.54) is 0 Å². The van der Waals surface area contributed by atoms with Crippen LogP contribution in [0.25, 0.3) is 0 Å². The Morgan fingerprint density at radius 2 is 1.58 bits per heavy atom.